The molecule has 0 spiro atoms. The Morgan fingerprint density at radius 2 is 2.47 bits per heavy atom. The van der Waals surface area contributed by atoms with E-state index in [0.29, 0.717) is 12.2 Å². The first-order valence-corrected chi connectivity index (χ1v) is 5.57. The zero-order chi connectivity index (χ0) is 11.3. The van der Waals surface area contributed by atoms with Crippen molar-refractivity contribution in [2.24, 2.45) is 0 Å². The fraction of sp³-hybridized carbons (Fsp3) is 0.556. The molecule has 0 saturated heterocycles. The number of rotatable bonds is 6. The van der Waals surface area contributed by atoms with E-state index in [4.69, 9.17) is 10.2 Å². The second-order valence-corrected chi connectivity index (χ2v) is 3.98. The van der Waals surface area contributed by atoms with Crippen LogP contribution in [0.1, 0.15) is 28.8 Å². The average Bonchev–Trinajstić information content (AvgIpc) is 2.68. The molecule has 1 unspecified atom stereocenters. The number of carboxylic acid groups (broad SMARTS) is 1. The molecule has 0 aliphatic rings. The van der Waals surface area contributed by atoms with E-state index in [9.17, 15) is 4.79 Å². The number of aromatic carboxylic acids is 1. The van der Waals surface area contributed by atoms with Gasteiger partial charge in [-0.25, -0.2) is 9.78 Å². The van der Waals surface area contributed by atoms with Crippen molar-refractivity contribution in [1.29, 1.82) is 0 Å². The van der Waals surface area contributed by atoms with Crippen LogP contribution < -0.4 is 5.32 Å². The van der Waals surface area contributed by atoms with Gasteiger partial charge in [-0.2, -0.15) is 0 Å². The number of aromatic nitrogens is 1. The van der Waals surface area contributed by atoms with E-state index in [2.05, 4.69) is 10.3 Å². The minimum atomic E-state index is -1.000. The van der Waals surface area contributed by atoms with E-state index in [-0.39, 0.29) is 17.7 Å². The maximum atomic E-state index is 10.6. The standard InChI is InChI=1S/C9H14N2O3S/c1-2-6(4-12)10-3-7-5-15-8(11-7)9(13)14/h5-6,10,12H,2-4H2,1H3,(H,13,14). The lowest BCUT2D eigenvalue weighted by Crippen LogP contribution is -2.31. The van der Waals surface area contributed by atoms with Gasteiger partial charge in [-0.1, -0.05) is 6.92 Å². The normalized spacial score (nSPS) is 12.7. The topological polar surface area (TPSA) is 82.5 Å². The number of hydrogen-bond acceptors (Lipinski definition) is 5. The predicted molar refractivity (Wildman–Crippen MR) is 57.1 cm³/mol. The molecular weight excluding hydrogens is 216 g/mol. The first-order valence-electron chi connectivity index (χ1n) is 4.69. The van der Waals surface area contributed by atoms with E-state index < -0.39 is 5.97 Å². The Morgan fingerprint density at radius 1 is 1.73 bits per heavy atom. The van der Waals surface area contributed by atoms with Gasteiger partial charge in [0.1, 0.15) is 0 Å². The van der Waals surface area contributed by atoms with Gasteiger partial charge in [0.15, 0.2) is 0 Å². The summed E-state index contributed by atoms with van der Waals surface area (Å²) in [6.45, 7) is 2.53. The van der Waals surface area contributed by atoms with Crippen LogP contribution >= 0.6 is 11.3 Å². The average molecular weight is 230 g/mol. The molecule has 0 saturated carbocycles. The zero-order valence-electron chi connectivity index (χ0n) is 8.43. The Hall–Kier alpha value is -0.980. The number of carboxylic acids is 1. The van der Waals surface area contributed by atoms with Crippen LogP contribution in [0, 0.1) is 0 Å². The predicted octanol–water partition coefficient (Wildman–Crippen LogP) is 0.702. The summed E-state index contributed by atoms with van der Waals surface area (Å²) < 4.78 is 0. The van der Waals surface area contributed by atoms with Crippen molar-refractivity contribution < 1.29 is 15.0 Å². The largest absolute Gasteiger partial charge is 0.476 e. The number of aliphatic hydroxyl groups excluding tert-OH is 1. The summed E-state index contributed by atoms with van der Waals surface area (Å²) in [5.41, 5.74) is 0.698. The molecule has 84 valence electrons. The number of hydrogen-bond donors (Lipinski definition) is 3. The highest BCUT2D eigenvalue weighted by Crippen LogP contribution is 2.09. The monoisotopic (exact) mass is 230 g/mol. The van der Waals surface area contributed by atoms with Crippen LogP contribution in [0.15, 0.2) is 5.38 Å². The number of thiazole rings is 1. The Bertz CT molecular complexity index is 323. The summed E-state index contributed by atoms with van der Waals surface area (Å²) in [5, 5.41) is 22.5. The zero-order valence-corrected chi connectivity index (χ0v) is 9.25. The summed E-state index contributed by atoms with van der Waals surface area (Å²) in [5.74, 6) is -1.000. The second kappa shape index (κ2) is 5.79. The fourth-order valence-corrected chi connectivity index (χ4v) is 1.73. The maximum absolute atomic E-state index is 10.6. The van der Waals surface area contributed by atoms with E-state index in [1.54, 1.807) is 5.38 Å². The van der Waals surface area contributed by atoms with E-state index in [1.165, 1.54) is 0 Å². The van der Waals surface area contributed by atoms with Gasteiger partial charge in [0, 0.05) is 18.0 Å². The lowest BCUT2D eigenvalue weighted by atomic mass is 10.2. The fourth-order valence-electron chi connectivity index (χ4n) is 1.07. The highest BCUT2D eigenvalue weighted by atomic mass is 32.1. The first kappa shape index (κ1) is 12.1. The third-order valence-electron chi connectivity index (χ3n) is 2.02. The van der Waals surface area contributed by atoms with Gasteiger partial charge in [0.25, 0.3) is 0 Å². The lowest BCUT2D eigenvalue weighted by Gasteiger charge is -2.12. The van der Waals surface area contributed by atoms with E-state index >= 15 is 0 Å². The SMILES string of the molecule is CCC(CO)NCc1csc(C(=O)O)n1. The number of carbonyl (C=O) groups is 1. The van der Waals surface area contributed by atoms with Crippen LogP contribution in [0.5, 0.6) is 0 Å². The molecule has 0 fully saturated rings. The molecule has 5 nitrogen and oxygen atoms in total. The molecule has 0 amide bonds. The van der Waals surface area contributed by atoms with Crippen molar-refractivity contribution in [2.45, 2.75) is 25.9 Å². The van der Waals surface area contributed by atoms with Crippen LogP contribution in [0.4, 0.5) is 0 Å². The molecule has 1 rings (SSSR count). The lowest BCUT2D eigenvalue weighted by molar-refractivity contribution is 0.0696. The van der Waals surface area contributed by atoms with Crippen LogP contribution in [-0.4, -0.2) is 33.8 Å². The molecule has 0 aliphatic heterocycles. The molecule has 1 aromatic heterocycles. The molecule has 0 bridgehead atoms. The van der Waals surface area contributed by atoms with Gasteiger partial charge in [-0.3, -0.25) is 0 Å². The highest BCUT2D eigenvalue weighted by Gasteiger charge is 2.09. The minimum absolute atomic E-state index is 0.0416. The van der Waals surface area contributed by atoms with E-state index in [0.717, 1.165) is 17.8 Å². The summed E-state index contributed by atoms with van der Waals surface area (Å²) in [4.78, 5) is 14.5. The summed E-state index contributed by atoms with van der Waals surface area (Å²) in [7, 11) is 0. The van der Waals surface area contributed by atoms with Crippen LogP contribution in [0.3, 0.4) is 0 Å². The van der Waals surface area contributed by atoms with Crippen molar-refractivity contribution in [3.8, 4) is 0 Å². The molecule has 1 atom stereocenters. The summed E-state index contributed by atoms with van der Waals surface area (Å²) in [6, 6.07) is 0.0416. The summed E-state index contributed by atoms with van der Waals surface area (Å²) >= 11 is 1.11. The van der Waals surface area contributed by atoms with Crippen LogP contribution in [-0.2, 0) is 6.54 Å². The molecule has 0 aromatic carbocycles. The molecule has 1 heterocycles. The van der Waals surface area contributed by atoms with Crippen LogP contribution in [0.25, 0.3) is 0 Å². The number of nitrogens with zero attached hydrogens (tertiary/aromatic N) is 1. The summed E-state index contributed by atoms with van der Waals surface area (Å²) in [6.07, 6.45) is 0.826. The van der Waals surface area contributed by atoms with Crippen molar-refractivity contribution in [1.82, 2.24) is 10.3 Å². The Kier molecular flexibility index (Phi) is 4.67. The van der Waals surface area contributed by atoms with Gasteiger partial charge in [0.05, 0.1) is 12.3 Å². The maximum Gasteiger partial charge on any atom is 0.365 e. The van der Waals surface area contributed by atoms with E-state index in [1.807, 2.05) is 6.92 Å². The molecule has 0 aliphatic carbocycles. The molecule has 3 N–H and O–H groups in total. The highest BCUT2D eigenvalue weighted by molar-refractivity contribution is 7.11. The molecule has 0 radical (unpaired) electrons. The van der Waals surface area contributed by atoms with Crippen molar-refractivity contribution in [2.75, 3.05) is 6.61 Å². The number of aliphatic hydroxyl groups is 1. The third kappa shape index (κ3) is 3.58. The van der Waals surface area contributed by atoms with Gasteiger partial charge in [0.2, 0.25) is 5.01 Å². The van der Waals surface area contributed by atoms with Gasteiger partial charge >= 0.3 is 5.97 Å². The van der Waals surface area contributed by atoms with Gasteiger partial charge in [-0.05, 0) is 6.42 Å². The smallest absolute Gasteiger partial charge is 0.365 e. The Morgan fingerprint density at radius 3 is 2.93 bits per heavy atom. The second-order valence-electron chi connectivity index (χ2n) is 3.12. The molecule has 15 heavy (non-hydrogen) atoms. The third-order valence-corrected chi connectivity index (χ3v) is 2.90. The van der Waals surface area contributed by atoms with Crippen molar-refractivity contribution in [3.63, 3.8) is 0 Å². The molecule has 6 heteroatoms. The molecular formula is C9H14N2O3S. The van der Waals surface area contributed by atoms with Gasteiger partial charge < -0.3 is 15.5 Å². The Labute approximate surface area is 91.8 Å². The van der Waals surface area contributed by atoms with Crippen molar-refractivity contribution in [3.05, 3.63) is 16.1 Å². The first-order chi connectivity index (χ1) is 7.17. The minimum Gasteiger partial charge on any atom is -0.476 e. The number of nitrogens with one attached hydrogen (secondary N) is 1. The van der Waals surface area contributed by atoms with Crippen LogP contribution in [0.2, 0.25) is 0 Å². The quantitative estimate of drug-likeness (QED) is 0.670. The van der Waals surface area contributed by atoms with Crippen molar-refractivity contribution >= 4 is 17.3 Å². The molecule has 1 aromatic rings. The Balaban J connectivity index is 2.47. The van der Waals surface area contributed by atoms with Gasteiger partial charge in [-0.15, -0.1) is 11.3 Å².